The summed E-state index contributed by atoms with van der Waals surface area (Å²) in [6.45, 7) is 4.83. The molecule has 3 heterocycles. The molecule has 1 atom stereocenters. The van der Waals surface area contributed by atoms with Crippen LogP contribution >= 0.6 is 0 Å². The molecule has 0 amide bonds. The zero-order valence-corrected chi connectivity index (χ0v) is 19.6. The van der Waals surface area contributed by atoms with E-state index in [-0.39, 0.29) is 6.61 Å². The lowest BCUT2D eigenvalue weighted by Crippen LogP contribution is -2.38. The highest BCUT2D eigenvalue weighted by Gasteiger charge is 2.18. The number of fused-ring (bicyclic) bond motifs is 2. The third kappa shape index (κ3) is 4.64. The number of nitrogens with one attached hydrogen (secondary N) is 1. The molecule has 1 aliphatic rings. The first kappa shape index (κ1) is 22.4. The minimum atomic E-state index is -0.576. The number of hydrogen-bond donors (Lipinski definition) is 2. The van der Waals surface area contributed by atoms with Crippen LogP contribution in [0.1, 0.15) is 25.0 Å². The van der Waals surface area contributed by atoms with E-state index in [1.54, 1.807) is 13.2 Å². The van der Waals surface area contributed by atoms with E-state index in [1.165, 1.54) is 25.6 Å². The first-order chi connectivity index (χ1) is 16.6. The highest BCUT2D eigenvalue weighted by molar-refractivity contribution is 5.90. The molecule has 34 heavy (non-hydrogen) atoms. The molecule has 2 N–H and O–H groups in total. The van der Waals surface area contributed by atoms with Crippen molar-refractivity contribution in [3.63, 3.8) is 0 Å². The normalized spacial score (nSPS) is 15.5. The smallest absolute Gasteiger partial charge is 0.230 e. The van der Waals surface area contributed by atoms with Crippen LogP contribution in [-0.2, 0) is 0 Å². The Bertz CT molecular complexity index is 1280. The molecule has 5 rings (SSSR count). The lowest BCUT2D eigenvalue weighted by molar-refractivity contribution is 0.0609. The maximum Gasteiger partial charge on any atom is 0.230 e. The number of ether oxygens (including phenoxy) is 3. The molecule has 1 saturated heterocycles. The first-order valence-electron chi connectivity index (χ1n) is 11.7. The van der Waals surface area contributed by atoms with Crippen molar-refractivity contribution in [2.75, 3.05) is 33.4 Å². The fourth-order valence-electron chi connectivity index (χ4n) is 4.55. The van der Waals surface area contributed by atoms with Gasteiger partial charge in [-0.3, -0.25) is 0 Å². The van der Waals surface area contributed by atoms with Crippen LogP contribution in [0.3, 0.4) is 0 Å². The maximum atomic E-state index is 10.5. The second-order valence-electron chi connectivity index (χ2n) is 8.75. The number of hydrogen-bond acceptors (Lipinski definition) is 7. The summed E-state index contributed by atoms with van der Waals surface area (Å²) in [6.07, 6.45) is 4.55. The number of aromatic amines is 1. The van der Waals surface area contributed by atoms with Crippen LogP contribution in [0.15, 0.2) is 42.7 Å². The monoisotopic (exact) mass is 462 g/mol. The molecule has 0 aliphatic carbocycles. The Hall–Kier alpha value is -3.36. The van der Waals surface area contributed by atoms with Crippen molar-refractivity contribution in [3.05, 3.63) is 48.4 Å². The highest BCUT2D eigenvalue weighted by atomic mass is 16.5. The molecule has 1 fully saturated rings. The molecule has 1 unspecified atom stereocenters. The molecule has 0 radical (unpaired) electrons. The minimum Gasteiger partial charge on any atom is -0.493 e. The van der Waals surface area contributed by atoms with Gasteiger partial charge < -0.3 is 29.2 Å². The van der Waals surface area contributed by atoms with E-state index in [1.807, 2.05) is 37.3 Å². The van der Waals surface area contributed by atoms with Crippen molar-refractivity contribution in [2.45, 2.75) is 32.3 Å². The van der Waals surface area contributed by atoms with Gasteiger partial charge in [0.1, 0.15) is 19.0 Å². The summed E-state index contributed by atoms with van der Waals surface area (Å²) in [5.74, 6) is 2.23. The zero-order valence-electron chi connectivity index (χ0n) is 19.6. The summed E-state index contributed by atoms with van der Waals surface area (Å²) in [4.78, 5) is 14.4. The van der Waals surface area contributed by atoms with Crippen LogP contribution in [0.25, 0.3) is 21.8 Å². The first-order valence-corrected chi connectivity index (χ1v) is 11.7. The van der Waals surface area contributed by atoms with Gasteiger partial charge in [-0.15, -0.1) is 0 Å². The summed E-state index contributed by atoms with van der Waals surface area (Å²) in [7, 11) is 1.59. The number of β-amino-alcohol motifs (C(OH)–C–C–N with tert-alkyl or cyclic N) is 1. The Morgan fingerprint density at radius 3 is 2.71 bits per heavy atom. The van der Waals surface area contributed by atoms with Crippen molar-refractivity contribution in [3.8, 4) is 23.1 Å². The van der Waals surface area contributed by atoms with Crippen molar-refractivity contribution in [1.82, 2.24) is 19.9 Å². The number of H-pyrrole nitrogens is 1. The quantitative estimate of drug-likeness (QED) is 0.400. The van der Waals surface area contributed by atoms with E-state index in [0.717, 1.165) is 35.4 Å². The molecule has 0 spiro atoms. The number of nitrogens with zero attached hydrogens (tertiary/aromatic N) is 3. The fraction of sp³-hybridized carbons (Fsp3) is 0.385. The number of piperidine rings is 1. The summed E-state index contributed by atoms with van der Waals surface area (Å²) in [5.41, 5.74) is 2.59. The van der Waals surface area contributed by atoms with Gasteiger partial charge in [0.25, 0.3) is 0 Å². The predicted octanol–water partition coefficient (Wildman–Crippen LogP) is 4.45. The van der Waals surface area contributed by atoms with Crippen molar-refractivity contribution in [1.29, 1.82) is 0 Å². The van der Waals surface area contributed by atoms with Gasteiger partial charge in [-0.05, 0) is 51.1 Å². The van der Waals surface area contributed by atoms with Gasteiger partial charge in [0.05, 0.1) is 23.7 Å². The SMILES string of the molecule is COc1cc2c(Oc3c(C)[nH]c4ccccc34)ncnc2cc1OCC(O)CN1CCCCC1. The van der Waals surface area contributed by atoms with Gasteiger partial charge in [-0.25, -0.2) is 9.97 Å². The lowest BCUT2D eigenvalue weighted by Gasteiger charge is -2.28. The zero-order chi connectivity index (χ0) is 23.5. The van der Waals surface area contributed by atoms with Crippen LogP contribution < -0.4 is 14.2 Å². The third-order valence-electron chi connectivity index (χ3n) is 6.27. The number of aliphatic hydroxyl groups is 1. The predicted molar refractivity (Wildman–Crippen MR) is 131 cm³/mol. The molecule has 0 saturated carbocycles. The summed E-state index contributed by atoms with van der Waals surface area (Å²) < 4.78 is 17.8. The number of rotatable bonds is 8. The molecule has 4 aromatic rings. The molecule has 2 aromatic heterocycles. The molecular weight excluding hydrogens is 432 g/mol. The number of methoxy groups -OCH3 is 1. The number of aromatic nitrogens is 3. The van der Waals surface area contributed by atoms with E-state index in [2.05, 4.69) is 19.9 Å². The van der Waals surface area contributed by atoms with E-state index >= 15 is 0 Å². The molecule has 8 nitrogen and oxygen atoms in total. The summed E-state index contributed by atoms with van der Waals surface area (Å²) >= 11 is 0. The van der Waals surface area contributed by atoms with Gasteiger partial charge in [0, 0.05) is 23.5 Å². The molecular formula is C26H30N4O4. The topological polar surface area (TPSA) is 92.7 Å². The number of likely N-dealkylation sites (tertiary alicyclic amines) is 1. The Morgan fingerprint density at radius 2 is 1.88 bits per heavy atom. The van der Waals surface area contributed by atoms with Gasteiger partial charge in [-0.1, -0.05) is 18.6 Å². The van der Waals surface area contributed by atoms with Crippen LogP contribution in [0.5, 0.6) is 23.1 Å². The Balaban J connectivity index is 1.38. The van der Waals surface area contributed by atoms with Gasteiger partial charge in [-0.2, -0.15) is 0 Å². The average Bonchev–Trinajstić information content (AvgIpc) is 3.17. The highest BCUT2D eigenvalue weighted by Crippen LogP contribution is 2.38. The largest absolute Gasteiger partial charge is 0.493 e. The summed E-state index contributed by atoms with van der Waals surface area (Å²) in [5, 5.41) is 12.2. The summed E-state index contributed by atoms with van der Waals surface area (Å²) in [6, 6.07) is 11.6. The van der Waals surface area contributed by atoms with Crippen LogP contribution in [0.2, 0.25) is 0 Å². The van der Waals surface area contributed by atoms with E-state index in [9.17, 15) is 5.11 Å². The standard InChI is InChI=1S/C26H30N4O4/c1-17-25(19-8-4-5-9-21(19)29-17)34-26-20-12-23(32-2)24(13-22(20)27-16-28-26)33-15-18(31)14-30-10-6-3-7-11-30/h4-5,8-9,12-13,16,18,29,31H,3,6-7,10-11,14-15H2,1-2H3. The molecule has 8 heteroatoms. The van der Waals surface area contributed by atoms with Crippen molar-refractivity contribution < 1.29 is 19.3 Å². The fourth-order valence-corrected chi connectivity index (χ4v) is 4.55. The third-order valence-corrected chi connectivity index (χ3v) is 6.27. The van der Waals surface area contributed by atoms with E-state index in [0.29, 0.717) is 34.8 Å². The van der Waals surface area contributed by atoms with E-state index in [4.69, 9.17) is 14.2 Å². The van der Waals surface area contributed by atoms with Crippen LogP contribution in [0.4, 0.5) is 0 Å². The van der Waals surface area contributed by atoms with Crippen molar-refractivity contribution in [2.24, 2.45) is 0 Å². The molecule has 178 valence electrons. The molecule has 0 bridgehead atoms. The minimum absolute atomic E-state index is 0.182. The average molecular weight is 463 g/mol. The number of benzene rings is 2. The number of para-hydroxylation sites is 1. The number of aliphatic hydroxyl groups excluding tert-OH is 1. The maximum absolute atomic E-state index is 10.5. The molecule has 1 aliphatic heterocycles. The molecule has 2 aromatic carbocycles. The van der Waals surface area contributed by atoms with Gasteiger partial charge >= 0.3 is 0 Å². The van der Waals surface area contributed by atoms with Gasteiger partial charge in [0.2, 0.25) is 5.88 Å². The Labute approximate surface area is 198 Å². The second kappa shape index (κ2) is 9.87. The van der Waals surface area contributed by atoms with Crippen LogP contribution in [0, 0.1) is 6.92 Å². The van der Waals surface area contributed by atoms with Crippen LogP contribution in [-0.4, -0.2) is 64.4 Å². The van der Waals surface area contributed by atoms with E-state index < -0.39 is 6.10 Å². The number of aryl methyl sites for hydroxylation is 1. The lowest BCUT2D eigenvalue weighted by atomic mass is 10.1. The Kier molecular flexibility index (Phi) is 6.51. The van der Waals surface area contributed by atoms with Gasteiger partial charge in [0.15, 0.2) is 17.2 Å². The van der Waals surface area contributed by atoms with Crippen molar-refractivity contribution >= 4 is 21.8 Å². The second-order valence-corrected chi connectivity index (χ2v) is 8.75. The Morgan fingerprint density at radius 1 is 1.06 bits per heavy atom.